The van der Waals surface area contributed by atoms with Crippen LogP contribution in [0.15, 0.2) is 14.9 Å². The predicted octanol–water partition coefficient (Wildman–Crippen LogP) is 1.90. The maximum absolute atomic E-state index is 9.32. The van der Waals surface area contributed by atoms with Crippen molar-refractivity contribution in [2.24, 2.45) is 0 Å². The van der Waals surface area contributed by atoms with Gasteiger partial charge in [0.05, 0.1) is 18.7 Å². The van der Waals surface area contributed by atoms with Gasteiger partial charge in [-0.15, -0.1) is 10.2 Å². The Balaban J connectivity index is 1.75. The Morgan fingerprint density at radius 1 is 1.35 bits per heavy atom. The molecule has 0 aliphatic carbocycles. The molecule has 0 spiro atoms. The van der Waals surface area contributed by atoms with Crippen molar-refractivity contribution in [3.63, 3.8) is 0 Å². The Bertz CT molecular complexity index is 590. The number of furan rings is 1. The van der Waals surface area contributed by atoms with Gasteiger partial charge in [-0.3, -0.25) is 4.90 Å². The summed E-state index contributed by atoms with van der Waals surface area (Å²) in [5.74, 6) is 2.69. The number of aliphatic hydroxyl groups is 1. The van der Waals surface area contributed by atoms with E-state index in [1.807, 2.05) is 19.9 Å². The summed E-state index contributed by atoms with van der Waals surface area (Å²) in [5.41, 5.74) is 0.849. The van der Waals surface area contributed by atoms with E-state index >= 15 is 0 Å². The zero-order chi connectivity index (χ0) is 14.1. The Labute approximate surface area is 117 Å². The van der Waals surface area contributed by atoms with Crippen LogP contribution in [0.4, 0.5) is 0 Å². The quantitative estimate of drug-likeness (QED) is 0.920. The molecule has 1 aliphatic rings. The minimum atomic E-state index is 0.182. The lowest BCUT2D eigenvalue weighted by molar-refractivity contribution is 0.144. The van der Waals surface area contributed by atoms with E-state index in [9.17, 15) is 5.11 Å². The molecule has 1 saturated heterocycles. The van der Waals surface area contributed by atoms with E-state index in [1.54, 1.807) is 0 Å². The first-order valence-electron chi connectivity index (χ1n) is 6.92. The number of aromatic nitrogens is 2. The number of aryl methyl sites for hydroxylation is 2. The van der Waals surface area contributed by atoms with Gasteiger partial charge in [-0.25, -0.2) is 0 Å². The molecule has 108 valence electrons. The van der Waals surface area contributed by atoms with Crippen molar-refractivity contribution in [2.45, 2.75) is 39.3 Å². The molecule has 0 amide bonds. The van der Waals surface area contributed by atoms with Gasteiger partial charge in [-0.1, -0.05) is 0 Å². The summed E-state index contributed by atoms with van der Waals surface area (Å²) in [4.78, 5) is 2.19. The van der Waals surface area contributed by atoms with E-state index in [-0.39, 0.29) is 12.6 Å². The zero-order valence-electron chi connectivity index (χ0n) is 11.8. The maximum atomic E-state index is 9.32. The molecule has 1 aliphatic heterocycles. The monoisotopic (exact) mass is 277 g/mol. The van der Waals surface area contributed by atoms with Gasteiger partial charge in [0.15, 0.2) is 0 Å². The summed E-state index contributed by atoms with van der Waals surface area (Å²) in [5, 5.41) is 17.5. The van der Waals surface area contributed by atoms with Gasteiger partial charge in [-0.05, 0) is 39.3 Å². The van der Waals surface area contributed by atoms with E-state index in [2.05, 4.69) is 15.1 Å². The second-order valence-electron chi connectivity index (χ2n) is 5.28. The highest BCUT2D eigenvalue weighted by Gasteiger charge is 2.25. The molecular weight excluding hydrogens is 258 g/mol. The summed E-state index contributed by atoms with van der Waals surface area (Å²) in [6.45, 7) is 5.51. The largest absolute Gasteiger partial charge is 0.466 e. The highest BCUT2D eigenvalue weighted by atomic mass is 16.4. The molecule has 0 radical (unpaired) electrons. The molecule has 0 saturated carbocycles. The Morgan fingerprint density at radius 2 is 2.20 bits per heavy atom. The SMILES string of the molecule is Cc1cc(-c2nnc(CN3CCC[C@H]3CO)o2)c(C)o1. The first-order valence-corrected chi connectivity index (χ1v) is 6.92. The van der Waals surface area contributed by atoms with E-state index in [1.165, 1.54) is 0 Å². The standard InChI is InChI=1S/C14H19N3O3/c1-9-6-12(10(2)19-9)14-16-15-13(20-14)7-17-5-3-4-11(17)8-18/h6,11,18H,3-5,7-8H2,1-2H3/t11-/m0/s1. The molecule has 6 heteroatoms. The lowest BCUT2D eigenvalue weighted by atomic mass is 10.2. The van der Waals surface area contributed by atoms with Crippen LogP contribution in [0.1, 0.15) is 30.3 Å². The highest BCUT2D eigenvalue weighted by Crippen LogP contribution is 2.26. The molecule has 0 unspecified atom stereocenters. The fourth-order valence-electron chi connectivity index (χ4n) is 2.75. The lowest BCUT2D eigenvalue weighted by Crippen LogP contribution is -2.31. The molecule has 1 atom stereocenters. The number of nitrogens with zero attached hydrogens (tertiary/aromatic N) is 3. The van der Waals surface area contributed by atoms with Gasteiger partial charge in [0.1, 0.15) is 11.5 Å². The van der Waals surface area contributed by atoms with E-state index in [0.717, 1.165) is 36.5 Å². The molecule has 0 bridgehead atoms. The fraction of sp³-hybridized carbons (Fsp3) is 0.571. The van der Waals surface area contributed by atoms with Gasteiger partial charge in [-0.2, -0.15) is 0 Å². The van der Waals surface area contributed by atoms with Crippen LogP contribution < -0.4 is 0 Å². The molecule has 3 heterocycles. The molecule has 20 heavy (non-hydrogen) atoms. The van der Waals surface area contributed by atoms with Crippen molar-refractivity contribution < 1.29 is 13.9 Å². The zero-order valence-corrected chi connectivity index (χ0v) is 11.8. The van der Waals surface area contributed by atoms with Crippen molar-refractivity contribution in [3.05, 3.63) is 23.5 Å². The third-order valence-electron chi connectivity index (χ3n) is 3.79. The number of likely N-dealkylation sites (tertiary alicyclic amines) is 1. The van der Waals surface area contributed by atoms with Gasteiger partial charge >= 0.3 is 0 Å². The number of hydrogen-bond donors (Lipinski definition) is 1. The summed E-state index contributed by atoms with van der Waals surface area (Å²) in [6.07, 6.45) is 2.13. The predicted molar refractivity (Wildman–Crippen MR) is 72.0 cm³/mol. The van der Waals surface area contributed by atoms with Crippen molar-refractivity contribution in [2.75, 3.05) is 13.2 Å². The summed E-state index contributed by atoms with van der Waals surface area (Å²) < 4.78 is 11.2. The molecule has 6 nitrogen and oxygen atoms in total. The van der Waals surface area contributed by atoms with E-state index < -0.39 is 0 Å². The van der Waals surface area contributed by atoms with Crippen LogP contribution in [0.3, 0.4) is 0 Å². The second kappa shape index (κ2) is 5.38. The van der Waals surface area contributed by atoms with Crippen molar-refractivity contribution in [1.29, 1.82) is 0 Å². The van der Waals surface area contributed by atoms with Crippen LogP contribution in [0.25, 0.3) is 11.5 Å². The second-order valence-corrected chi connectivity index (χ2v) is 5.28. The van der Waals surface area contributed by atoms with Crippen LogP contribution in [-0.4, -0.2) is 39.4 Å². The van der Waals surface area contributed by atoms with E-state index in [4.69, 9.17) is 8.83 Å². The van der Waals surface area contributed by atoms with Gasteiger partial charge in [0.25, 0.3) is 5.89 Å². The topological polar surface area (TPSA) is 75.5 Å². The van der Waals surface area contributed by atoms with Crippen molar-refractivity contribution in [3.8, 4) is 11.5 Å². The third-order valence-corrected chi connectivity index (χ3v) is 3.79. The van der Waals surface area contributed by atoms with Crippen LogP contribution >= 0.6 is 0 Å². The third kappa shape index (κ3) is 2.48. The van der Waals surface area contributed by atoms with Crippen LogP contribution in [0.2, 0.25) is 0 Å². The van der Waals surface area contributed by atoms with Crippen LogP contribution in [0, 0.1) is 13.8 Å². The molecule has 2 aromatic heterocycles. The average molecular weight is 277 g/mol. The molecular formula is C14H19N3O3. The highest BCUT2D eigenvalue weighted by molar-refractivity contribution is 5.55. The molecule has 1 fully saturated rings. The number of hydrogen-bond acceptors (Lipinski definition) is 6. The van der Waals surface area contributed by atoms with Crippen molar-refractivity contribution >= 4 is 0 Å². The number of aliphatic hydroxyl groups excluding tert-OH is 1. The maximum Gasteiger partial charge on any atom is 0.251 e. The number of rotatable bonds is 4. The summed E-state index contributed by atoms with van der Waals surface area (Å²) >= 11 is 0. The van der Waals surface area contributed by atoms with Gasteiger partial charge in [0, 0.05) is 6.04 Å². The van der Waals surface area contributed by atoms with Gasteiger partial charge < -0.3 is 13.9 Å². The summed E-state index contributed by atoms with van der Waals surface area (Å²) in [7, 11) is 0. The summed E-state index contributed by atoms with van der Waals surface area (Å²) in [6, 6.07) is 2.11. The normalized spacial score (nSPS) is 19.9. The minimum Gasteiger partial charge on any atom is -0.466 e. The fourth-order valence-corrected chi connectivity index (χ4v) is 2.75. The molecule has 1 N–H and O–H groups in total. The Hall–Kier alpha value is -1.66. The molecule has 3 rings (SSSR count). The van der Waals surface area contributed by atoms with Crippen LogP contribution in [-0.2, 0) is 6.54 Å². The Morgan fingerprint density at radius 3 is 2.90 bits per heavy atom. The van der Waals surface area contributed by atoms with Gasteiger partial charge in [0.2, 0.25) is 5.89 Å². The first-order chi connectivity index (χ1) is 9.67. The smallest absolute Gasteiger partial charge is 0.251 e. The Kier molecular flexibility index (Phi) is 3.58. The first kappa shape index (κ1) is 13.3. The average Bonchev–Trinajstić information content (AvgIpc) is 3.10. The van der Waals surface area contributed by atoms with E-state index in [0.29, 0.717) is 18.3 Å². The molecule has 0 aromatic carbocycles. The minimum absolute atomic E-state index is 0.182. The lowest BCUT2D eigenvalue weighted by Gasteiger charge is -2.20. The molecule has 2 aromatic rings. The van der Waals surface area contributed by atoms with Crippen molar-refractivity contribution in [1.82, 2.24) is 15.1 Å². The van der Waals surface area contributed by atoms with Crippen LogP contribution in [0.5, 0.6) is 0 Å².